The van der Waals surface area contributed by atoms with Crippen LogP contribution < -0.4 is 4.74 Å². The normalized spacial score (nSPS) is 20.0. The summed E-state index contributed by atoms with van der Waals surface area (Å²) in [5.74, 6) is -0.127. The van der Waals surface area contributed by atoms with Crippen molar-refractivity contribution in [2.45, 2.75) is 44.4 Å². The third-order valence-electron chi connectivity index (χ3n) is 3.95. The van der Waals surface area contributed by atoms with Gasteiger partial charge in [-0.25, -0.2) is 17.2 Å². The Kier molecular flexibility index (Phi) is 5.30. The number of hydrogen-bond donors (Lipinski definition) is 0. The first-order valence-corrected chi connectivity index (χ1v) is 9.12. The highest BCUT2D eigenvalue weighted by atomic mass is 32.2. The zero-order valence-electron chi connectivity index (χ0n) is 13.7. The van der Waals surface area contributed by atoms with Crippen LogP contribution in [0.5, 0.6) is 5.75 Å². The molecular formula is C16H23F2NO3S. The minimum Gasteiger partial charge on any atom is -0.491 e. The first kappa shape index (κ1) is 18.1. The fraction of sp³-hybridized carbons (Fsp3) is 0.625. The van der Waals surface area contributed by atoms with Gasteiger partial charge in [0, 0.05) is 12.1 Å². The van der Waals surface area contributed by atoms with Gasteiger partial charge in [0.2, 0.25) is 10.0 Å². The molecule has 1 heterocycles. The van der Waals surface area contributed by atoms with E-state index >= 15 is 0 Å². The third-order valence-corrected chi connectivity index (χ3v) is 6.55. The van der Waals surface area contributed by atoms with Crippen molar-refractivity contribution in [3.05, 3.63) is 29.6 Å². The van der Waals surface area contributed by atoms with Crippen LogP contribution in [0.4, 0.5) is 8.78 Å². The summed E-state index contributed by atoms with van der Waals surface area (Å²) < 4.78 is 57.4. The molecule has 1 saturated heterocycles. The Morgan fingerprint density at radius 1 is 1.35 bits per heavy atom. The van der Waals surface area contributed by atoms with Gasteiger partial charge in [-0.1, -0.05) is 0 Å². The molecule has 1 aromatic carbocycles. The molecule has 0 aromatic heterocycles. The molecule has 0 bridgehead atoms. The first-order chi connectivity index (χ1) is 10.7. The lowest BCUT2D eigenvalue weighted by atomic mass is 10.0. The Hall–Kier alpha value is -1.21. The fourth-order valence-electron chi connectivity index (χ4n) is 2.75. The minimum absolute atomic E-state index is 0.141. The van der Waals surface area contributed by atoms with Crippen LogP contribution in [0.25, 0.3) is 0 Å². The van der Waals surface area contributed by atoms with Gasteiger partial charge in [-0.3, -0.25) is 0 Å². The Balaban J connectivity index is 2.42. The predicted octanol–water partition coefficient (Wildman–Crippen LogP) is 3.44. The summed E-state index contributed by atoms with van der Waals surface area (Å²) in [7, 11) is -3.54. The number of rotatable bonds is 5. The summed E-state index contributed by atoms with van der Waals surface area (Å²) in [5.41, 5.74) is 0.462. The van der Waals surface area contributed by atoms with Gasteiger partial charge in [-0.05, 0) is 51.8 Å². The molecule has 2 rings (SSSR count). The number of ether oxygens (including phenoxy) is 1. The lowest BCUT2D eigenvalue weighted by Gasteiger charge is -2.32. The van der Waals surface area contributed by atoms with Crippen molar-refractivity contribution in [2.75, 3.05) is 19.8 Å². The van der Waals surface area contributed by atoms with Crippen molar-refractivity contribution >= 4 is 10.0 Å². The summed E-state index contributed by atoms with van der Waals surface area (Å²) >= 11 is 0. The monoisotopic (exact) mass is 347 g/mol. The number of halogens is 2. The third kappa shape index (κ3) is 3.66. The zero-order valence-corrected chi connectivity index (χ0v) is 14.5. The molecule has 1 fully saturated rings. The smallest absolute Gasteiger partial charge is 0.219 e. The topological polar surface area (TPSA) is 46.6 Å². The molecule has 0 spiro atoms. The molecule has 0 unspecified atom stereocenters. The average Bonchev–Trinajstić information content (AvgIpc) is 2.94. The van der Waals surface area contributed by atoms with E-state index in [1.165, 1.54) is 22.5 Å². The van der Waals surface area contributed by atoms with E-state index in [1.807, 2.05) is 0 Å². The lowest BCUT2D eigenvalue weighted by molar-refractivity contribution is 0.265. The summed E-state index contributed by atoms with van der Waals surface area (Å²) in [6, 6.07) is 3.47. The van der Waals surface area contributed by atoms with Crippen molar-refractivity contribution in [3.63, 3.8) is 0 Å². The molecule has 130 valence electrons. The van der Waals surface area contributed by atoms with Crippen LogP contribution in [0, 0.1) is 5.82 Å². The van der Waals surface area contributed by atoms with Crippen molar-refractivity contribution in [1.82, 2.24) is 4.31 Å². The Bertz CT molecular complexity index is 656. The van der Waals surface area contributed by atoms with Gasteiger partial charge in [0.25, 0.3) is 0 Å². The number of sulfonamides is 1. The Morgan fingerprint density at radius 3 is 2.65 bits per heavy atom. The minimum atomic E-state index is -3.54. The van der Waals surface area contributed by atoms with Crippen LogP contribution in [-0.4, -0.2) is 37.3 Å². The number of nitrogens with zero attached hydrogens (tertiary/aromatic N) is 1. The van der Waals surface area contributed by atoms with Crippen LogP contribution >= 0.6 is 0 Å². The second-order valence-electron chi connectivity index (χ2n) is 6.61. The van der Waals surface area contributed by atoms with Gasteiger partial charge in [0.1, 0.15) is 24.8 Å². The van der Waals surface area contributed by atoms with E-state index in [0.29, 0.717) is 30.7 Å². The Labute approximate surface area is 136 Å². The van der Waals surface area contributed by atoms with Crippen molar-refractivity contribution < 1.29 is 21.9 Å². The Morgan fingerprint density at radius 2 is 2.04 bits per heavy atom. The maximum atomic E-state index is 13.7. The average molecular weight is 347 g/mol. The number of hydrogen-bond acceptors (Lipinski definition) is 3. The molecule has 0 aliphatic carbocycles. The molecule has 7 heteroatoms. The largest absolute Gasteiger partial charge is 0.491 e. The molecule has 0 N–H and O–H groups in total. The maximum Gasteiger partial charge on any atom is 0.219 e. The molecule has 0 amide bonds. The second kappa shape index (κ2) is 6.73. The lowest BCUT2D eigenvalue weighted by Crippen LogP contribution is -2.42. The molecule has 1 atom stereocenters. The van der Waals surface area contributed by atoms with Crippen molar-refractivity contribution in [2.24, 2.45) is 0 Å². The number of benzene rings is 1. The summed E-state index contributed by atoms with van der Waals surface area (Å²) in [6.07, 6.45) is 1.28. The molecule has 1 aliphatic heterocycles. The van der Waals surface area contributed by atoms with Crippen molar-refractivity contribution in [1.29, 1.82) is 0 Å². The van der Waals surface area contributed by atoms with E-state index < -0.39 is 33.3 Å². The standard InChI is InChI=1S/C16H23F2NO3S/c1-16(2,3)23(20,21)19-9-4-5-14(19)13-11-12(18)6-7-15(13)22-10-8-17/h6-7,11,14H,4-5,8-10H2,1-3H3/t14-/m1/s1. The second-order valence-corrected chi connectivity index (χ2v) is 9.25. The van der Waals surface area contributed by atoms with E-state index in [-0.39, 0.29) is 6.61 Å². The van der Waals surface area contributed by atoms with Crippen LogP contribution in [0.15, 0.2) is 18.2 Å². The molecule has 0 saturated carbocycles. The summed E-state index contributed by atoms with van der Waals surface area (Å²) in [4.78, 5) is 0. The predicted molar refractivity (Wildman–Crippen MR) is 85.2 cm³/mol. The van der Waals surface area contributed by atoms with Gasteiger partial charge >= 0.3 is 0 Å². The summed E-state index contributed by atoms with van der Waals surface area (Å²) in [5, 5.41) is 0. The molecule has 4 nitrogen and oxygen atoms in total. The van der Waals surface area contributed by atoms with Crippen LogP contribution in [0.2, 0.25) is 0 Å². The van der Waals surface area contributed by atoms with Gasteiger partial charge in [0.05, 0.1) is 10.8 Å². The maximum absolute atomic E-state index is 13.7. The van der Waals surface area contributed by atoms with Crippen LogP contribution in [-0.2, 0) is 10.0 Å². The van der Waals surface area contributed by atoms with E-state index in [0.717, 1.165) is 0 Å². The highest BCUT2D eigenvalue weighted by Crippen LogP contribution is 2.41. The molecular weight excluding hydrogens is 324 g/mol. The summed E-state index contributed by atoms with van der Waals surface area (Å²) in [6.45, 7) is 4.52. The SMILES string of the molecule is CC(C)(C)S(=O)(=O)N1CCC[C@@H]1c1cc(F)ccc1OCCF. The molecule has 0 radical (unpaired) electrons. The van der Waals surface area contributed by atoms with Crippen LogP contribution in [0.3, 0.4) is 0 Å². The van der Waals surface area contributed by atoms with Gasteiger partial charge in [0.15, 0.2) is 0 Å². The van der Waals surface area contributed by atoms with E-state index in [2.05, 4.69) is 0 Å². The zero-order chi connectivity index (χ0) is 17.3. The quantitative estimate of drug-likeness (QED) is 0.820. The van der Waals surface area contributed by atoms with Gasteiger partial charge in [-0.2, -0.15) is 4.31 Å². The fourth-order valence-corrected chi connectivity index (χ4v) is 4.38. The van der Waals surface area contributed by atoms with E-state index in [4.69, 9.17) is 4.74 Å². The molecule has 23 heavy (non-hydrogen) atoms. The molecule has 1 aliphatic rings. The first-order valence-electron chi connectivity index (χ1n) is 7.68. The van der Waals surface area contributed by atoms with Gasteiger partial charge < -0.3 is 4.74 Å². The van der Waals surface area contributed by atoms with E-state index in [1.54, 1.807) is 20.8 Å². The highest BCUT2D eigenvalue weighted by molar-refractivity contribution is 7.90. The van der Waals surface area contributed by atoms with Gasteiger partial charge in [-0.15, -0.1) is 0 Å². The van der Waals surface area contributed by atoms with Crippen molar-refractivity contribution in [3.8, 4) is 5.75 Å². The van der Waals surface area contributed by atoms with Crippen LogP contribution in [0.1, 0.15) is 45.2 Å². The van der Waals surface area contributed by atoms with E-state index in [9.17, 15) is 17.2 Å². The number of alkyl halides is 1. The molecule has 1 aromatic rings. The highest BCUT2D eigenvalue weighted by Gasteiger charge is 2.42.